The van der Waals surface area contributed by atoms with Gasteiger partial charge in [0.2, 0.25) is 23.6 Å². The van der Waals surface area contributed by atoms with Crippen molar-refractivity contribution in [3.8, 4) is 0 Å². The SMILES string of the molecule is CCC(=O)N[C@@H](Cc1ccc2ccccc2c1)C(=O)N[C@H](C(=O)N[C@@H](CCCCN)C(=O)N[C@@H]1CCCc2ccccc21)[C@@H](C)CC. The highest BCUT2D eigenvalue weighted by atomic mass is 16.2. The van der Waals surface area contributed by atoms with Crippen LogP contribution in [0.25, 0.3) is 10.8 Å². The van der Waals surface area contributed by atoms with E-state index in [1.807, 2.05) is 68.4 Å². The molecule has 0 fully saturated rings. The van der Waals surface area contributed by atoms with E-state index in [0.717, 1.165) is 47.6 Å². The zero-order chi connectivity index (χ0) is 33.8. The Morgan fingerprint density at radius 1 is 0.830 bits per heavy atom. The number of nitrogens with two attached hydrogens (primary N) is 1. The quantitative estimate of drug-likeness (QED) is 0.145. The third kappa shape index (κ3) is 9.88. The normalized spacial score (nSPS) is 16.6. The first kappa shape index (κ1) is 35.6. The summed E-state index contributed by atoms with van der Waals surface area (Å²) in [5.41, 5.74) is 9.00. The van der Waals surface area contributed by atoms with E-state index in [1.165, 1.54) is 5.56 Å². The van der Waals surface area contributed by atoms with E-state index in [2.05, 4.69) is 33.4 Å². The Labute approximate surface area is 278 Å². The summed E-state index contributed by atoms with van der Waals surface area (Å²) >= 11 is 0. The lowest BCUT2D eigenvalue weighted by atomic mass is 9.87. The highest BCUT2D eigenvalue weighted by molar-refractivity contribution is 5.94. The summed E-state index contributed by atoms with van der Waals surface area (Å²) in [4.78, 5) is 53.9. The van der Waals surface area contributed by atoms with Crippen LogP contribution in [0.15, 0.2) is 66.7 Å². The molecule has 1 aliphatic rings. The van der Waals surface area contributed by atoms with E-state index in [0.29, 0.717) is 25.8 Å². The first-order valence-electron chi connectivity index (χ1n) is 17.2. The molecule has 9 heteroatoms. The molecule has 3 aromatic rings. The van der Waals surface area contributed by atoms with Crippen LogP contribution in [0.2, 0.25) is 0 Å². The van der Waals surface area contributed by atoms with Gasteiger partial charge in [-0.05, 0) is 78.5 Å². The van der Waals surface area contributed by atoms with Crippen LogP contribution in [-0.4, -0.2) is 48.3 Å². The summed E-state index contributed by atoms with van der Waals surface area (Å²) in [5, 5.41) is 14.1. The lowest BCUT2D eigenvalue weighted by molar-refractivity contribution is -0.135. The molecular weight excluding hydrogens is 590 g/mol. The maximum Gasteiger partial charge on any atom is 0.243 e. The van der Waals surface area contributed by atoms with Gasteiger partial charge in [0.25, 0.3) is 0 Å². The number of fused-ring (bicyclic) bond motifs is 2. The summed E-state index contributed by atoms with van der Waals surface area (Å²) in [5.74, 6) is -1.58. The fourth-order valence-corrected chi connectivity index (χ4v) is 6.26. The number of unbranched alkanes of at least 4 members (excludes halogenated alkanes) is 1. The first-order valence-corrected chi connectivity index (χ1v) is 17.2. The number of rotatable bonds is 16. The predicted octanol–water partition coefficient (Wildman–Crippen LogP) is 4.62. The molecule has 9 nitrogen and oxygen atoms in total. The number of benzene rings is 3. The first-order chi connectivity index (χ1) is 22.7. The highest BCUT2D eigenvalue weighted by Gasteiger charge is 2.33. The Kier molecular flexibility index (Phi) is 13.3. The minimum absolute atomic E-state index is 0.121. The van der Waals surface area contributed by atoms with Crippen LogP contribution in [0, 0.1) is 5.92 Å². The number of nitrogens with one attached hydrogen (secondary N) is 4. The monoisotopic (exact) mass is 641 g/mol. The number of hydrogen-bond acceptors (Lipinski definition) is 5. The molecule has 47 heavy (non-hydrogen) atoms. The van der Waals surface area contributed by atoms with Crippen molar-refractivity contribution >= 4 is 34.4 Å². The Morgan fingerprint density at radius 3 is 2.32 bits per heavy atom. The molecule has 0 radical (unpaired) electrons. The number of amides is 4. The fraction of sp³-hybridized carbons (Fsp3) is 0.474. The van der Waals surface area contributed by atoms with Gasteiger partial charge in [0.05, 0.1) is 6.04 Å². The number of hydrogen-bond donors (Lipinski definition) is 5. The minimum Gasteiger partial charge on any atom is -0.348 e. The molecule has 6 N–H and O–H groups in total. The lowest BCUT2D eigenvalue weighted by Gasteiger charge is -2.30. The molecule has 0 unspecified atom stereocenters. The molecule has 4 amide bonds. The summed E-state index contributed by atoms with van der Waals surface area (Å²) in [7, 11) is 0. The molecule has 252 valence electrons. The molecule has 0 aliphatic heterocycles. The molecular formula is C38H51N5O4. The molecule has 4 rings (SSSR count). The van der Waals surface area contributed by atoms with E-state index in [4.69, 9.17) is 5.73 Å². The van der Waals surface area contributed by atoms with Gasteiger partial charge in [-0.15, -0.1) is 0 Å². The molecule has 0 saturated heterocycles. The predicted molar refractivity (Wildman–Crippen MR) is 186 cm³/mol. The van der Waals surface area contributed by atoms with E-state index in [1.54, 1.807) is 6.92 Å². The van der Waals surface area contributed by atoms with E-state index < -0.39 is 29.9 Å². The number of aryl methyl sites for hydroxylation is 1. The van der Waals surface area contributed by atoms with Crippen molar-refractivity contribution in [2.75, 3.05) is 6.54 Å². The second kappa shape index (κ2) is 17.6. The molecule has 0 spiro atoms. The van der Waals surface area contributed by atoms with Gasteiger partial charge in [0, 0.05) is 12.8 Å². The van der Waals surface area contributed by atoms with Crippen molar-refractivity contribution < 1.29 is 19.2 Å². The molecule has 0 aromatic heterocycles. The van der Waals surface area contributed by atoms with Gasteiger partial charge in [-0.3, -0.25) is 19.2 Å². The zero-order valence-corrected chi connectivity index (χ0v) is 28.0. The second-order valence-corrected chi connectivity index (χ2v) is 12.7. The third-order valence-electron chi connectivity index (χ3n) is 9.29. The van der Waals surface area contributed by atoms with Crippen LogP contribution in [0.1, 0.15) is 88.4 Å². The van der Waals surface area contributed by atoms with Crippen LogP contribution < -0.4 is 27.0 Å². The van der Waals surface area contributed by atoms with Crippen molar-refractivity contribution in [1.29, 1.82) is 0 Å². The summed E-state index contributed by atoms with van der Waals surface area (Å²) in [6, 6.07) is 19.4. The highest BCUT2D eigenvalue weighted by Crippen LogP contribution is 2.29. The zero-order valence-electron chi connectivity index (χ0n) is 28.0. The van der Waals surface area contributed by atoms with Gasteiger partial charge in [0.15, 0.2) is 0 Å². The summed E-state index contributed by atoms with van der Waals surface area (Å²) in [6.45, 7) is 6.08. The lowest BCUT2D eigenvalue weighted by Crippen LogP contribution is -2.59. The molecule has 0 saturated carbocycles. The molecule has 3 aromatic carbocycles. The molecule has 0 heterocycles. The largest absolute Gasteiger partial charge is 0.348 e. The van der Waals surface area contributed by atoms with Gasteiger partial charge in [-0.25, -0.2) is 0 Å². The van der Waals surface area contributed by atoms with Crippen molar-refractivity contribution in [1.82, 2.24) is 21.3 Å². The van der Waals surface area contributed by atoms with Crippen LogP contribution in [0.3, 0.4) is 0 Å². The van der Waals surface area contributed by atoms with Crippen LogP contribution in [0.5, 0.6) is 0 Å². The average Bonchev–Trinajstić information content (AvgIpc) is 3.09. The molecule has 1 aliphatic carbocycles. The Hall–Kier alpha value is -4.24. The van der Waals surface area contributed by atoms with E-state index in [9.17, 15) is 19.2 Å². The maximum absolute atomic E-state index is 13.9. The second-order valence-electron chi connectivity index (χ2n) is 12.7. The summed E-state index contributed by atoms with van der Waals surface area (Å²) in [6.07, 6.45) is 5.74. The van der Waals surface area contributed by atoms with Crippen molar-refractivity contribution in [3.05, 3.63) is 83.4 Å². The molecule has 0 bridgehead atoms. The smallest absolute Gasteiger partial charge is 0.243 e. The summed E-state index contributed by atoms with van der Waals surface area (Å²) < 4.78 is 0. The maximum atomic E-state index is 13.9. The fourth-order valence-electron chi connectivity index (χ4n) is 6.26. The van der Waals surface area contributed by atoms with Gasteiger partial charge >= 0.3 is 0 Å². The van der Waals surface area contributed by atoms with E-state index >= 15 is 0 Å². The van der Waals surface area contributed by atoms with Crippen molar-refractivity contribution in [2.24, 2.45) is 11.7 Å². The minimum atomic E-state index is -0.898. The topological polar surface area (TPSA) is 142 Å². The third-order valence-corrected chi connectivity index (χ3v) is 9.29. The van der Waals surface area contributed by atoms with Crippen LogP contribution >= 0.6 is 0 Å². The molecule has 5 atom stereocenters. The van der Waals surface area contributed by atoms with Gasteiger partial charge in [-0.1, -0.05) is 93.9 Å². The van der Waals surface area contributed by atoms with Gasteiger partial charge in [-0.2, -0.15) is 0 Å². The van der Waals surface area contributed by atoms with Gasteiger partial charge < -0.3 is 27.0 Å². The number of carbonyl (C=O) groups excluding carboxylic acids is 4. The van der Waals surface area contributed by atoms with Crippen molar-refractivity contribution in [3.63, 3.8) is 0 Å². The number of carbonyl (C=O) groups is 4. The standard InChI is InChI=1S/C38H51N5O4/c1-4-25(3)35(43-37(46)33(40-34(44)5-2)24-26-20-21-27-13-6-7-15-29(27)23-26)38(47)42-32(18-10-11-22-39)36(45)41-31-19-12-16-28-14-8-9-17-30(28)31/h6-9,13-15,17,20-21,23,25,31-33,35H,4-5,10-12,16,18-19,22,24,39H2,1-3H3,(H,40,44)(H,41,45)(H,42,47)(H,43,46)/t25-,31+,32-,33-,35-/m0/s1. The van der Waals surface area contributed by atoms with Crippen LogP contribution in [-0.2, 0) is 32.0 Å². The van der Waals surface area contributed by atoms with Crippen molar-refractivity contribution in [2.45, 2.75) is 103 Å². The van der Waals surface area contributed by atoms with Gasteiger partial charge in [0.1, 0.15) is 18.1 Å². The average molecular weight is 642 g/mol. The van der Waals surface area contributed by atoms with E-state index in [-0.39, 0.29) is 36.6 Å². The Balaban J connectivity index is 1.50. The Bertz CT molecular complexity index is 1520. The Morgan fingerprint density at radius 2 is 1.57 bits per heavy atom. The van der Waals surface area contributed by atoms with Crippen LogP contribution in [0.4, 0.5) is 0 Å².